The molecule has 0 aliphatic rings. The van der Waals surface area contributed by atoms with Gasteiger partial charge in [-0.05, 0) is 83.5 Å². The van der Waals surface area contributed by atoms with Gasteiger partial charge in [0.05, 0.1) is 25.4 Å². The smallest absolute Gasteiger partial charge is 0.305 e. The molecule has 0 aromatic rings. The standard InChI is InChI=1S/C69H131NO5/c1-3-5-7-9-11-13-15-16-17-18-29-33-36-39-43-47-51-55-59-63-69(74)75-64-60-56-52-48-44-40-37-34-31-28-26-24-22-20-19-21-23-25-27-30-32-35-38-42-46-50-54-58-62-68(73)70-66(65-71)67(72)61-57-53-49-45-41-14-12-10-8-6-4-2/h16-17,19-20,57,61,66-67,71-72H,3-15,18,21-56,58-60,62-65H2,1-2H3,(H,70,73)/b17-16-,20-19-,61-57+. The van der Waals surface area contributed by atoms with Crippen LogP contribution in [0.15, 0.2) is 36.5 Å². The van der Waals surface area contributed by atoms with Gasteiger partial charge in [-0.25, -0.2) is 0 Å². The van der Waals surface area contributed by atoms with Crippen molar-refractivity contribution in [3.8, 4) is 0 Å². The SMILES string of the molecule is CCCCCCCC/C=C\CCCCCCCCCCCC(=O)OCCCCCCCCCCCCCC/C=C\CCCCCCCCCCCCCCC(=O)NC(CO)C(O)/C=C/CCCCCCCCCCC. The van der Waals surface area contributed by atoms with Gasteiger partial charge in [-0.3, -0.25) is 9.59 Å². The van der Waals surface area contributed by atoms with Crippen molar-refractivity contribution < 1.29 is 24.5 Å². The molecular weight excluding hydrogens is 923 g/mol. The van der Waals surface area contributed by atoms with Crippen LogP contribution in [-0.4, -0.2) is 47.4 Å². The Morgan fingerprint density at radius 1 is 0.360 bits per heavy atom. The Labute approximate surface area is 468 Å². The molecule has 1 amide bonds. The molecule has 0 saturated carbocycles. The average molecular weight is 1050 g/mol. The number of rotatable bonds is 63. The molecule has 0 bridgehead atoms. The Morgan fingerprint density at radius 2 is 0.627 bits per heavy atom. The number of carbonyl (C=O) groups excluding carboxylic acids is 2. The highest BCUT2D eigenvalue weighted by atomic mass is 16.5. The summed E-state index contributed by atoms with van der Waals surface area (Å²) < 4.78 is 5.51. The van der Waals surface area contributed by atoms with E-state index >= 15 is 0 Å². The summed E-state index contributed by atoms with van der Waals surface area (Å²) in [6.45, 7) is 4.91. The zero-order valence-corrected chi connectivity index (χ0v) is 50.5. The van der Waals surface area contributed by atoms with Crippen LogP contribution in [0.25, 0.3) is 0 Å². The minimum atomic E-state index is -0.843. The fourth-order valence-electron chi connectivity index (χ4n) is 10.4. The summed E-state index contributed by atoms with van der Waals surface area (Å²) in [4.78, 5) is 24.5. The van der Waals surface area contributed by atoms with Crippen LogP contribution < -0.4 is 5.32 Å². The van der Waals surface area contributed by atoms with Crippen LogP contribution in [0.3, 0.4) is 0 Å². The Morgan fingerprint density at radius 3 is 0.947 bits per heavy atom. The molecule has 0 rings (SSSR count). The molecule has 2 atom stereocenters. The van der Waals surface area contributed by atoms with E-state index in [1.807, 2.05) is 6.08 Å². The second kappa shape index (κ2) is 64.6. The predicted molar refractivity (Wildman–Crippen MR) is 329 cm³/mol. The van der Waals surface area contributed by atoms with Crippen molar-refractivity contribution in [3.63, 3.8) is 0 Å². The highest BCUT2D eigenvalue weighted by Crippen LogP contribution is 2.18. The van der Waals surface area contributed by atoms with Crippen molar-refractivity contribution in [2.75, 3.05) is 13.2 Å². The van der Waals surface area contributed by atoms with E-state index in [1.54, 1.807) is 6.08 Å². The largest absolute Gasteiger partial charge is 0.466 e. The van der Waals surface area contributed by atoms with Gasteiger partial charge >= 0.3 is 5.97 Å². The number of hydrogen-bond acceptors (Lipinski definition) is 5. The van der Waals surface area contributed by atoms with Gasteiger partial charge in [0, 0.05) is 12.8 Å². The maximum atomic E-state index is 12.4. The first-order valence-corrected chi connectivity index (χ1v) is 33.8. The normalized spacial score (nSPS) is 12.7. The minimum Gasteiger partial charge on any atom is -0.466 e. The number of ether oxygens (including phenoxy) is 1. The lowest BCUT2D eigenvalue weighted by Gasteiger charge is -2.20. The molecular formula is C69H131NO5. The van der Waals surface area contributed by atoms with Crippen LogP contribution in [0.5, 0.6) is 0 Å². The number of allylic oxidation sites excluding steroid dienone is 5. The number of unbranched alkanes of at least 4 members (excludes halogenated alkanes) is 48. The van der Waals surface area contributed by atoms with E-state index in [0.29, 0.717) is 19.4 Å². The lowest BCUT2D eigenvalue weighted by Crippen LogP contribution is -2.45. The van der Waals surface area contributed by atoms with Crippen molar-refractivity contribution >= 4 is 11.9 Å². The van der Waals surface area contributed by atoms with Crippen LogP contribution in [0, 0.1) is 0 Å². The topological polar surface area (TPSA) is 95.9 Å². The Bertz CT molecular complexity index is 1210. The third kappa shape index (κ3) is 61.2. The molecule has 2 unspecified atom stereocenters. The van der Waals surface area contributed by atoms with Gasteiger partial charge in [-0.15, -0.1) is 0 Å². The number of aliphatic hydroxyl groups excluding tert-OH is 2. The van der Waals surface area contributed by atoms with E-state index in [0.717, 1.165) is 38.5 Å². The summed E-state index contributed by atoms with van der Waals surface area (Å²) in [5.74, 6) is -0.0530. The third-order valence-electron chi connectivity index (χ3n) is 15.6. The van der Waals surface area contributed by atoms with Gasteiger partial charge < -0.3 is 20.3 Å². The lowest BCUT2D eigenvalue weighted by atomic mass is 10.0. The summed E-state index contributed by atoms with van der Waals surface area (Å²) in [7, 11) is 0. The summed E-state index contributed by atoms with van der Waals surface area (Å²) >= 11 is 0. The zero-order chi connectivity index (χ0) is 54.3. The van der Waals surface area contributed by atoms with E-state index in [2.05, 4.69) is 43.5 Å². The number of aliphatic hydroxyl groups is 2. The molecule has 3 N–H and O–H groups in total. The molecule has 0 aliphatic heterocycles. The van der Waals surface area contributed by atoms with E-state index < -0.39 is 12.1 Å². The summed E-state index contributed by atoms with van der Waals surface area (Å²) in [5, 5.41) is 23.0. The molecule has 0 aromatic carbocycles. The second-order valence-electron chi connectivity index (χ2n) is 23.1. The molecule has 0 saturated heterocycles. The second-order valence-corrected chi connectivity index (χ2v) is 23.1. The monoisotopic (exact) mass is 1050 g/mol. The maximum Gasteiger partial charge on any atom is 0.305 e. The van der Waals surface area contributed by atoms with Crippen molar-refractivity contribution in [3.05, 3.63) is 36.5 Å². The van der Waals surface area contributed by atoms with Crippen LogP contribution in [0.1, 0.15) is 367 Å². The Balaban J connectivity index is 3.36. The van der Waals surface area contributed by atoms with Gasteiger partial charge in [-0.2, -0.15) is 0 Å². The van der Waals surface area contributed by atoms with E-state index in [1.165, 1.54) is 302 Å². The molecule has 0 aromatic heterocycles. The average Bonchev–Trinajstić information content (AvgIpc) is 3.41. The van der Waals surface area contributed by atoms with Crippen LogP contribution in [0.4, 0.5) is 0 Å². The van der Waals surface area contributed by atoms with Crippen molar-refractivity contribution in [2.45, 2.75) is 379 Å². The van der Waals surface area contributed by atoms with Gasteiger partial charge in [0.15, 0.2) is 0 Å². The summed E-state index contributed by atoms with van der Waals surface area (Å²) in [6, 6.07) is -0.626. The molecule has 75 heavy (non-hydrogen) atoms. The molecule has 6 heteroatoms. The molecule has 0 heterocycles. The van der Waals surface area contributed by atoms with E-state index in [-0.39, 0.29) is 18.5 Å². The van der Waals surface area contributed by atoms with Crippen molar-refractivity contribution in [1.29, 1.82) is 0 Å². The fraction of sp³-hybridized carbons (Fsp3) is 0.884. The van der Waals surface area contributed by atoms with Gasteiger partial charge in [0.25, 0.3) is 0 Å². The first-order chi connectivity index (χ1) is 37.0. The van der Waals surface area contributed by atoms with Gasteiger partial charge in [0.1, 0.15) is 0 Å². The molecule has 0 radical (unpaired) electrons. The van der Waals surface area contributed by atoms with Crippen LogP contribution in [-0.2, 0) is 14.3 Å². The van der Waals surface area contributed by atoms with Gasteiger partial charge in [0.2, 0.25) is 5.91 Å². The molecule has 6 nitrogen and oxygen atoms in total. The highest BCUT2D eigenvalue weighted by Gasteiger charge is 2.18. The number of esters is 1. The van der Waals surface area contributed by atoms with E-state index in [9.17, 15) is 19.8 Å². The molecule has 442 valence electrons. The Kier molecular flexibility index (Phi) is 63.0. The highest BCUT2D eigenvalue weighted by molar-refractivity contribution is 5.76. The molecule has 0 aliphatic carbocycles. The predicted octanol–water partition coefficient (Wildman–Crippen LogP) is 21.5. The minimum absolute atomic E-state index is 0.0152. The lowest BCUT2D eigenvalue weighted by molar-refractivity contribution is -0.143. The zero-order valence-electron chi connectivity index (χ0n) is 50.5. The van der Waals surface area contributed by atoms with Crippen molar-refractivity contribution in [1.82, 2.24) is 5.32 Å². The quantitative estimate of drug-likeness (QED) is 0.0320. The molecule has 0 spiro atoms. The third-order valence-corrected chi connectivity index (χ3v) is 15.6. The number of nitrogens with one attached hydrogen (secondary N) is 1. The van der Waals surface area contributed by atoms with Crippen LogP contribution >= 0.6 is 0 Å². The maximum absolute atomic E-state index is 12.4. The van der Waals surface area contributed by atoms with Crippen LogP contribution in [0.2, 0.25) is 0 Å². The number of hydrogen-bond donors (Lipinski definition) is 3. The Hall–Kier alpha value is -1.92. The number of amides is 1. The first kappa shape index (κ1) is 73.1. The first-order valence-electron chi connectivity index (χ1n) is 33.8. The molecule has 0 fully saturated rings. The van der Waals surface area contributed by atoms with E-state index in [4.69, 9.17) is 4.74 Å². The van der Waals surface area contributed by atoms with Crippen molar-refractivity contribution in [2.24, 2.45) is 0 Å². The summed E-state index contributed by atoms with van der Waals surface area (Å²) in [5.41, 5.74) is 0. The fourth-order valence-corrected chi connectivity index (χ4v) is 10.4. The number of carbonyl (C=O) groups is 2. The summed E-state index contributed by atoms with van der Waals surface area (Å²) in [6.07, 6.45) is 82.2. The van der Waals surface area contributed by atoms with Gasteiger partial charge in [-0.1, -0.05) is 307 Å².